The number of rotatable bonds is 6. The highest BCUT2D eigenvalue weighted by Crippen LogP contribution is 2.25. The lowest BCUT2D eigenvalue weighted by Crippen LogP contribution is -2.22. The van der Waals surface area contributed by atoms with Crippen LogP contribution in [0, 0.1) is 25.5 Å². The van der Waals surface area contributed by atoms with Crippen molar-refractivity contribution in [1.82, 2.24) is 29.3 Å². The van der Waals surface area contributed by atoms with Gasteiger partial charge < -0.3 is 9.84 Å². The van der Waals surface area contributed by atoms with Crippen molar-refractivity contribution in [3.05, 3.63) is 81.4 Å². The van der Waals surface area contributed by atoms with E-state index in [-0.39, 0.29) is 29.6 Å². The van der Waals surface area contributed by atoms with Crippen LogP contribution in [-0.2, 0) is 19.3 Å². The highest BCUT2D eigenvalue weighted by atomic mass is 19.1. The molecule has 4 aromatic heterocycles. The van der Waals surface area contributed by atoms with Gasteiger partial charge in [0.25, 0.3) is 5.56 Å². The van der Waals surface area contributed by atoms with Gasteiger partial charge in [0.05, 0.1) is 28.8 Å². The van der Waals surface area contributed by atoms with Gasteiger partial charge in [-0.05, 0) is 45.4 Å². The summed E-state index contributed by atoms with van der Waals surface area (Å²) in [6, 6.07) is 4.09. The van der Waals surface area contributed by atoms with Crippen molar-refractivity contribution in [3.8, 4) is 23.0 Å². The highest BCUT2D eigenvalue weighted by molar-refractivity contribution is 5.59. The first-order valence-electron chi connectivity index (χ1n) is 10.7. The zero-order valence-corrected chi connectivity index (χ0v) is 19.9. The normalized spacial score (nSPS) is 11.7. The van der Waals surface area contributed by atoms with Gasteiger partial charge >= 0.3 is 0 Å². The quantitative estimate of drug-likeness (QED) is 0.450. The third-order valence-corrected chi connectivity index (χ3v) is 5.43. The maximum atomic E-state index is 14.0. The Morgan fingerprint density at radius 3 is 2.51 bits per heavy atom. The Balaban J connectivity index is 1.74. The lowest BCUT2D eigenvalue weighted by atomic mass is 10.1. The first-order valence-corrected chi connectivity index (χ1v) is 10.7. The summed E-state index contributed by atoms with van der Waals surface area (Å²) in [5.41, 5.74) is 0.854. The molecule has 9 nitrogen and oxygen atoms in total. The number of pyridine rings is 2. The average molecular weight is 482 g/mol. The number of nitrogens with zero attached hydrogens (tertiary/aromatic N) is 6. The molecule has 4 aromatic rings. The molecule has 0 aliphatic heterocycles. The number of halogens is 2. The Morgan fingerprint density at radius 2 is 1.83 bits per heavy atom. The van der Waals surface area contributed by atoms with E-state index < -0.39 is 17.2 Å². The molecule has 0 aliphatic rings. The molecular weight excluding hydrogens is 458 g/mol. The molecule has 4 rings (SSSR count). The van der Waals surface area contributed by atoms with E-state index in [1.807, 2.05) is 6.92 Å². The van der Waals surface area contributed by atoms with Crippen molar-refractivity contribution in [2.75, 3.05) is 0 Å². The van der Waals surface area contributed by atoms with Crippen LogP contribution >= 0.6 is 0 Å². The van der Waals surface area contributed by atoms with E-state index in [2.05, 4.69) is 19.9 Å². The Labute approximate surface area is 199 Å². The van der Waals surface area contributed by atoms with Crippen molar-refractivity contribution in [2.24, 2.45) is 7.05 Å². The molecule has 35 heavy (non-hydrogen) atoms. The molecule has 0 atom stereocenters. The molecular formula is C24H24F2N6O3. The smallest absolute Gasteiger partial charge is 0.278 e. The second-order valence-corrected chi connectivity index (χ2v) is 8.62. The van der Waals surface area contributed by atoms with Gasteiger partial charge in [0.1, 0.15) is 23.7 Å². The summed E-state index contributed by atoms with van der Waals surface area (Å²) in [6.07, 6.45) is 4.05. The molecule has 11 heteroatoms. The fourth-order valence-electron chi connectivity index (χ4n) is 3.56. The molecule has 0 amide bonds. The van der Waals surface area contributed by atoms with Crippen molar-refractivity contribution < 1.29 is 18.6 Å². The zero-order chi connectivity index (χ0) is 25.5. The number of aliphatic hydroxyl groups is 1. The summed E-state index contributed by atoms with van der Waals surface area (Å²) >= 11 is 0. The van der Waals surface area contributed by atoms with E-state index >= 15 is 0 Å². The molecule has 4 heterocycles. The van der Waals surface area contributed by atoms with Crippen molar-refractivity contribution in [2.45, 2.75) is 39.9 Å². The Kier molecular flexibility index (Phi) is 6.20. The van der Waals surface area contributed by atoms with Crippen LogP contribution in [0.1, 0.15) is 36.5 Å². The fourth-order valence-corrected chi connectivity index (χ4v) is 3.56. The largest absolute Gasteiger partial charge is 0.471 e. The summed E-state index contributed by atoms with van der Waals surface area (Å²) in [5, 5.41) is 10.3. The van der Waals surface area contributed by atoms with E-state index in [4.69, 9.17) is 4.74 Å². The third kappa shape index (κ3) is 4.67. The molecule has 0 unspecified atom stereocenters. The second kappa shape index (κ2) is 8.99. The van der Waals surface area contributed by atoms with Gasteiger partial charge in [-0.15, -0.1) is 0 Å². The minimum absolute atomic E-state index is 0.0836. The Morgan fingerprint density at radius 1 is 1.09 bits per heavy atom. The topological polar surface area (TPSA) is 108 Å². The van der Waals surface area contributed by atoms with Gasteiger partial charge in [-0.3, -0.25) is 14.8 Å². The summed E-state index contributed by atoms with van der Waals surface area (Å²) in [4.78, 5) is 29.8. The molecule has 0 spiro atoms. The molecule has 182 valence electrons. The highest BCUT2D eigenvalue weighted by Gasteiger charge is 2.22. The molecule has 0 aromatic carbocycles. The van der Waals surface area contributed by atoms with E-state index in [1.54, 1.807) is 46.1 Å². The predicted octanol–water partition coefficient (Wildman–Crippen LogP) is 3.12. The first kappa shape index (κ1) is 24.1. The van der Waals surface area contributed by atoms with Crippen LogP contribution in [0.5, 0.6) is 5.88 Å². The van der Waals surface area contributed by atoms with Crippen molar-refractivity contribution in [1.29, 1.82) is 0 Å². The number of hydrogen-bond acceptors (Lipinski definition) is 7. The standard InChI is InChI=1S/C24H24F2N6O3/c1-13-10-28-18(17-6-7-27-23(30-17)24(3,4)34)9-20(13)32-21(33)14(2)22(31(32)5)35-12-19-16(26)8-15(25)11-29-19/h6-11,34H,12H2,1-5H3. The van der Waals surface area contributed by atoms with E-state index in [9.17, 15) is 18.7 Å². The molecule has 0 saturated heterocycles. The summed E-state index contributed by atoms with van der Waals surface area (Å²) in [7, 11) is 1.63. The minimum atomic E-state index is -1.24. The average Bonchev–Trinajstić information content (AvgIpc) is 3.01. The molecule has 0 saturated carbocycles. The van der Waals surface area contributed by atoms with E-state index in [1.165, 1.54) is 15.6 Å². The van der Waals surface area contributed by atoms with Crippen molar-refractivity contribution in [3.63, 3.8) is 0 Å². The van der Waals surface area contributed by atoms with Crippen LogP contribution < -0.4 is 10.3 Å². The first-order chi connectivity index (χ1) is 16.5. The fraction of sp³-hybridized carbons (Fsp3) is 0.292. The van der Waals surface area contributed by atoms with Crippen LogP contribution in [-0.4, -0.2) is 34.4 Å². The molecule has 1 N–H and O–H groups in total. The van der Waals surface area contributed by atoms with Crippen LogP contribution in [0.25, 0.3) is 17.1 Å². The Bertz CT molecular complexity index is 1470. The van der Waals surface area contributed by atoms with Crippen LogP contribution in [0.15, 0.2) is 41.6 Å². The molecule has 0 bridgehead atoms. The second-order valence-electron chi connectivity index (χ2n) is 8.62. The SMILES string of the molecule is Cc1cnc(-c2ccnc(C(C)(C)O)n2)cc1-n1c(=O)c(C)c(OCc2ncc(F)cc2F)n1C. The van der Waals surface area contributed by atoms with Gasteiger partial charge in [-0.25, -0.2) is 28.1 Å². The maximum Gasteiger partial charge on any atom is 0.278 e. The summed E-state index contributed by atoms with van der Waals surface area (Å²) in [6.45, 7) is 6.29. The Hall–Kier alpha value is -3.99. The number of hydrogen-bond donors (Lipinski definition) is 1. The third-order valence-electron chi connectivity index (χ3n) is 5.43. The predicted molar refractivity (Wildman–Crippen MR) is 123 cm³/mol. The number of aromatic nitrogens is 6. The maximum absolute atomic E-state index is 14.0. The molecule has 0 radical (unpaired) electrons. The monoisotopic (exact) mass is 482 g/mol. The number of ether oxygens (including phenoxy) is 1. The van der Waals surface area contributed by atoms with Gasteiger partial charge in [-0.1, -0.05) is 0 Å². The van der Waals surface area contributed by atoms with E-state index in [0.717, 1.165) is 12.3 Å². The zero-order valence-electron chi connectivity index (χ0n) is 19.9. The van der Waals surface area contributed by atoms with Gasteiger partial charge in [0, 0.05) is 25.5 Å². The van der Waals surface area contributed by atoms with Crippen molar-refractivity contribution >= 4 is 0 Å². The number of aryl methyl sites for hydroxylation is 1. The lowest BCUT2D eigenvalue weighted by Gasteiger charge is -2.16. The lowest BCUT2D eigenvalue weighted by molar-refractivity contribution is 0.0688. The van der Waals surface area contributed by atoms with Crippen LogP contribution in [0.2, 0.25) is 0 Å². The summed E-state index contributed by atoms with van der Waals surface area (Å²) < 4.78 is 35.8. The van der Waals surface area contributed by atoms with Crippen LogP contribution in [0.3, 0.4) is 0 Å². The van der Waals surface area contributed by atoms with E-state index in [0.29, 0.717) is 28.2 Å². The van der Waals surface area contributed by atoms with Crippen LogP contribution in [0.4, 0.5) is 8.78 Å². The summed E-state index contributed by atoms with van der Waals surface area (Å²) in [5.74, 6) is -1.17. The minimum Gasteiger partial charge on any atom is -0.471 e. The van der Waals surface area contributed by atoms with Gasteiger partial charge in [-0.2, -0.15) is 0 Å². The molecule has 0 fully saturated rings. The van der Waals surface area contributed by atoms with Gasteiger partial charge in [0.15, 0.2) is 11.6 Å². The van der Waals surface area contributed by atoms with Gasteiger partial charge in [0.2, 0.25) is 5.88 Å². The molecule has 0 aliphatic carbocycles.